The number of hydrogen-bond donors (Lipinski definition) is 6. The minimum absolute atomic E-state index is 0.311. The molecule has 1 saturated heterocycles. The van der Waals surface area contributed by atoms with Crippen molar-refractivity contribution in [2.75, 3.05) is 0 Å². The second-order valence-electron chi connectivity index (χ2n) is 14.6. The molecule has 0 saturated carbocycles. The van der Waals surface area contributed by atoms with Gasteiger partial charge in [0.2, 0.25) is 6.29 Å². The number of aliphatic hydroxyl groups is 4. The third-order valence-corrected chi connectivity index (χ3v) is 10.9. The van der Waals surface area contributed by atoms with Crippen LogP contribution in [0.15, 0.2) is 140 Å². The smallest absolute Gasteiger partial charge is 0.231 e. The molecular weight excluding hydrogens is 741 g/mol. The molecule has 3 aliphatic rings. The van der Waals surface area contributed by atoms with Gasteiger partial charge in [0, 0.05) is 44.3 Å². The summed E-state index contributed by atoms with van der Waals surface area (Å²) < 4.78 is 11.1. The lowest BCUT2D eigenvalue weighted by Crippen LogP contribution is -2.59. The molecule has 10 nitrogen and oxygen atoms in total. The number of nitrogens with one attached hydrogen (secondary N) is 2. The van der Waals surface area contributed by atoms with E-state index < -0.39 is 30.9 Å². The molecule has 3 aromatic heterocycles. The zero-order valence-electron chi connectivity index (χ0n) is 31.5. The van der Waals surface area contributed by atoms with Crippen molar-refractivity contribution in [1.82, 2.24) is 19.9 Å². The summed E-state index contributed by atoms with van der Waals surface area (Å²) in [6.45, 7) is 0. The van der Waals surface area contributed by atoms with Crippen molar-refractivity contribution >= 4 is 46.4 Å². The Bertz CT molecular complexity index is 2770. The van der Waals surface area contributed by atoms with E-state index in [1.54, 1.807) is 12.1 Å². The SMILES string of the molecule is O[C@H]1[C@H](O)[C@@H](O)C(Oc2ccc(-c3c4nc(c(-c5ccccc5)c5ccc([nH]5)c(-c5ccccc5)c5ccc([nH]5)c(-c5ccccc5)c5nc3C=C5)C=C4)cc2)O[C@@H]1O. The average Bonchev–Trinajstić information content (AvgIpc) is 4.12. The summed E-state index contributed by atoms with van der Waals surface area (Å²) in [5.74, 6) is 0.311. The molecule has 0 radical (unpaired) electrons. The number of ether oxygens (including phenoxy) is 2. The average molecular weight is 779 g/mol. The standard InChI is InChI=1S/C49H38N4O6/c54-45-46(55)48(57)59-49(47(45)56)58-32-18-16-31(17-19-32)44-39-26-24-37(52-39)42(29-12-6-2-7-13-29)35-22-20-33(50-35)41(28-10-4-1-5-11-28)34-21-23-36(51-34)43(30-14-8-3-9-15-30)38-25-27-40(44)53-38/h1-27,45-51,54-57H/t45-,46-,47+,48-,49?/m0/s1. The number of nitrogens with zero attached hydrogens (tertiary/aromatic N) is 2. The van der Waals surface area contributed by atoms with Crippen molar-refractivity contribution in [1.29, 1.82) is 0 Å². The maximum Gasteiger partial charge on any atom is 0.231 e. The number of aliphatic hydroxyl groups excluding tert-OH is 4. The van der Waals surface area contributed by atoms with E-state index in [0.717, 1.165) is 78.0 Å². The summed E-state index contributed by atoms with van der Waals surface area (Å²) in [5, 5.41) is 40.7. The van der Waals surface area contributed by atoms with E-state index in [0.29, 0.717) is 17.1 Å². The fraction of sp³-hybridized carbons (Fsp3) is 0.102. The van der Waals surface area contributed by atoms with Gasteiger partial charge in [-0.2, -0.15) is 0 Å². The fourth-order valence-electron chi connectivity index (χ4n) is 8.00. The van der Waals surface area contributed by atoms with Gasteiger partial charge in [-0.1, -0.05) is 103 Å². The molecule has 7 aromatic rings. The largest absolute Gasteiger partial charge is 0.462 e. The van der Waals surface area contributed by atoms with Gasteiger partial charge in [-0.05, 0) is 83.0 Å². The number of H-pyrrole nitrogens is 2. The van der Waals surface area contributed by atoms with Gasteiger partial charge in [0.25, 0.3) is 0 Å². The third kappa shape index (κ3) is 6.74. The molecular formula is C49H38N4O6. The van der Waals surface area contributed by atoms with Gasteiger partial charge in [-0.3, -0.25) is 0 Å². The maximum absolute atomic E-state index is 10.5. The normalized spacial score (nSPS) is 19.8. The summed E-state index contributed by atoms with van der Waals surface area (Å²) in [6, 6.07) is 46.4. The van der Waals surface area contributed by atoms with E-state index in [2.05, 4.69) is 82.8 Å². The molecule has 5 atom stereocenters. The molecule has 6 N–H and O–H groups in total. The molecule has 0 spiro atoms. The highest BCUT2D eigenvalue weighted by molar-refractivity contribution is 6.00. The first-order valence-corrected chi connectivity index (χ1v) is 19.4. The van der Waals surface area contributed by atoms with E-state index in [1.807, 2.05) is 78.9 Å². The first-order chi connectivity index (χ1) is 28.9. The summed E-state index contributed by atoms with van der Waals surface area (Å²) >= 11 is 0. The summed E-state index contributed by atoms with van der Waals surface area (Å²) in [6.07, 6.45) is 0.0365. The third-order valence-electron chi connectivity index (χ3n) is 10.9. The predicted octanol–water partition coefficient (Wildman–Crippen LogP) is 8.46. The lowest BCUT2D eigenvalue weighted by molar-refractivity contribution is -0.321. The summed E-state index contributed by atoms with van der Waals surface area (Å²) in [4.78, 5) is 18.2. The van der Waals surface area contributed by atoms with E-state index in [1.165, 1.54) is 0 Å². The molecule has 290 valence electrons. The number of aromatic amines is 2. The van der Waals surface area contributed by atoms with Crippen molar-refractivity contribution in [2.45, 2.75) is 30.9 Å². The van der Waals surface area contributed by atoms with Crippen molar-refractivity contribution in [2.24, 2.45) is 0 Å². The van der Waals surface area contributed by atoms with Gasteiger partial charge < -0.3 is 39.9 Å². The minimum Gasteiger partial charge on any atom is -0.462 e. The number of benzene rings is 4. The summed E-state index contributed by atoms with van der Waals surface area (Å²) in [7, 11) is 0. The Morgan fingerprint density at radius 3 is 1.25 bits per heavy atom. The van der Waals surface area contributed by atoms with Crippen LogP contribution >= 0.6 is 0 Å². The lowest BCUT2D eigenvalue weighted by Gasteiger charge is -2.37. The molecule has 6 heterocycles. The Kier molecular flexibility index (Phi) is 9.33. The zero-order chi connectivity index (χ0) is 40.0. The monoisotopic (exact) mass is 778 g/mol. The van der Waals surface area contributed by atoms with Crippen LogP contribution in [0, 0.1) is 0 Å². The quantitative estimate of drug-likeness (QED) is 0.0982. The van der Waals surface area contributed by atoms with Crippen molar-refractivity contribution < 1.29 is 29.9 Å². The highest BCUT2D eigenvalue weighted by atomic mass is 16.7. The topological polar surface area (TPSA) is 157 Å². The van der Waals surface area contributed by atoms with Crippen molar-refractivity contribution in [3.8, 4) is 50.3 Å². The van der Waals surface area contributed by atoms with Gasteiger partial charge >= 0.3 is 0 Å². The lowest BCUT2D eigenvalue weighted by atomic mass is 10.0. The van der Waals surface area contributed by atoms with Crippen molar-refractivity contribution in [3.05, 3.63) is 162 Å². The molecule has 0 amide bonds. The summed E-state index contributed by atoms with van der Waals surface area (Å²) in [5.41, 5.74) is 14.2. The van der Waals surface area contributed by atoms with Crippen LogP contribution in [0.2, 0.25) is 0 Å². The van der Waals surface area contributed by atoms with Crippen LogP contribution in [-0.4, -0.2) is 71.3 Å². The van der Waals surface area contributed by atoms with E-state index >= 15 is 0 Å². The van der Waals surface area contributed by atoms with E-state index in [-0.39, 0.29) is 0 Å². The molecule has 4 aromatic carbocycles. The van der Waals surface area contributed by atoms with Gasteiger partial charge in [0.15, 0.2) is 6.29 Å². The number of hydrogen-bond acceptors (Lipinski definition) is 8. The number of rotatable bonds is 6. The van der Waals surface area contributed by atoms with E-state index in [9.17, 15) is 20.4 Å². The number of fused-ring (bicyclic) bond motifs is 8. The Morgan fingerprint density at radius 2 is 0.797 bits per heavy atom. The van der Waals surface area contributed by atoms with Crippen LogP contribution in [0.3, 0.4) is 0 Å². The first kappa shape index (κ1) is 36.4. The first-order valence-electron chi connectivity index (χ1n) is 19.4. The molecule has 10 heteroatoms. The Morgan fingerprint density at radius 1 is 0.407 bits per heavy atom. The predicted molar refractivity (Wildman–Crippen MR) is 230 cm³/mol. The van der Waals surface area contributed by atoms with Crippen molar-refractivity contribution in [3.63, 3.8) is 0 Å². The van der Waals surface area contributed by atoms with Gasteiger partial charge in [0.1, 0.15) is 24.1 Å². The van der Waals surface area contributed by atoms with Crippen LogP contribution < -0.4 is 4.74 Å². The Labute approximate surface area is 338 Å². The molecule has 3 aliphatic heterocycles. The second kappa shape index (κ2) is 15.1. The number of aromatic nitrogens is 4. The molecule has 59 heavy (non-hydrogen) atoms. The fourth-order valence-corrected chi connectivity index (χ4v) is 8.00. The van der Waals surface area contributed by atoms with Gasteiger partial charge in [-0.25, -0.2) is 9.97 Å². The van der Waals surface area contributed by atoms with Gasteiger partial charge in [0.05, 0.1) is 22.8 Å². The second-order valence-corrected chi connectivity index (χ2v) is 14.6. The molecule has 8 bridgehead atoms. The molecule has 1 fully saturated rings. The Hall–Kier alpha value is -6.92. The maximum atomic E-state index is 10.5. The van der Waals surface area contributed by atoms with Crippen LogP contribution in [0.5, 0.6) is 5.75 Å². The van der Waals surface area contributed by atoms with Crippen LogP contribution in [0.25, 0.3) is 90.9 Å². The molecule has 0 aliphatic carbocycles. The highest BCUT2D eigenvalue weighted by Crippen LogP contribution is 2.39. The van der Waals surface area contributed by atoms with Crippen LogP contribution in [-0.2, 0) is 4.74 Å². The Balaban J connectivity index is 1.24. The molecule has 10 rings (SSSR count). The zero-order valence-corrected chi connectivity index (χ0v) is 31.5. The molecule has 1 unspecified atom stereocenters. The van der Waals surface area contributed by atoms with Crippen LogP contribution in [0.4, 0.5) is 0 Å². The van der Waals surface area contributed by atoms with E-state index in [4.69, 9.17) is 19.4 Å². The highest BCUT2D eigenvalue weighted by Gasteiger charge is 2.44. The van der Waals surface area contributed by atoms with Crippen LogP contribution in [0.1, 0.15) is 22.8 Å². The van der Waals surface area contributed by atoms with Gasteiger partial charge in [-0.15, -0.1) is 0 Å². The minimum atomic E-state index is -1.73.